The van der Waals surface area contributed by atoms with Gasteiger partial charge < -0.3 is 24.3 Å². The van der Waals surface area contributed by atoms with Crippen molar-refractivity contribution < 1.29 is 17.9 Å². The Kier molecular flexibility index (Phi) is 6.42. The van der Waals surface area contributed by atoms with E-state index in [1.807, 2.05) is 16.8 Å². The zero-order chi connectivity index (χ0) is 21.1. The quantitative estimate of drug-likeness (QED) is 0.634. The lowest BCUT2D eigenvalue weighted by Gasteiger charge is -2.39. The monoisotopic (exact) mass is 438 g/mol. The van der Waals surface area contributed by atoms with Crippen molar-refractivity contribution >= 4 is 21.9 Å². The van der Waals surface area contributed by atoms with Crippen molar-refractivity contribution in [2.24, 2.45) is 0 Å². The first-order valence-electron chi connectivity index (χ1n) is 10.5. The van der Waals surface area contributed by atoms with Gasteiger partial charge in [0.15, 0.2) is 0 Å². The Hall–Kier alpha value is -1.95. The number of hydrogen-bond donors (Lipinski definition) is 0. The number of nitrogens with zero attached hydrogens (tertiary/aromatic N) is 6. The number of carbonyl (C=O) groups excluding carboxylic acids is 1. The number of pyridine rings is 1. The number of anilines is 1. The summed E-state index contributed by atoms with van der Waals surface area (Å²) in [6, 6.07) is 3.48. The van der Waals surface area contributed by atoms with Gasteiger partial charge in [0.05, 0.1) is 13.2 Å². The van der Waals surface area contributed by atoms with Crippen LogP contribution in [0.25, 0.3) is 0 Å². The van der Waals surface area contributed by atoms with Crippen LogP contribution in [0.5, 0.6) is 0 Å². The van der Waals surface area contributed by atoms with E-state index >= 15 is 0 Å². The van der Waals surface area contributed by atoms with Crippen molar-refractivity contribution in [3.8, 4) is 0 Å². The lowest BCUT2D eigenvalue weighted by atomic mass is 10.3. The Morgan fingerprint density at radius 3 is 2.13 bits per heavy atom. The van der Waals surface area contributed by atoms with Crippen LogP contribution in [-0.4, -0.2) is 124 Å². The molecule has 11 heteroatoms. The molecule has 0 spiro atoms. The molecule has 1 aromatic heterocycles. The van der Waals surface area contributed by atoms with Crippen LogP contribution in [0.2, 0.25) is 0 Å². The summed E-state index contributed by atoms with van der Waals surface area (Å²) in [4.78, 5) is 25.2. The third-order valence-electron chi connectivity index (χ3n) is 5.98. The Morgan fingerprint density at radius 2 is 1.53 bits per heavy atom. The van der Waals surface area contributed by atoms with E-state index in [1.165, 1.54) is 10.5 Å². The van der Waals surface area contributed by atoms with Gasteiger partial charge in [-0.05, 0) is 19.2 Å². The maximum absolute atomic E-state index is 12.8. The second kappa shape index (κ2) is 9.04. The van der Waals surface area contributed by atoms with Gasteiger partial charge in [-0.15, -0.1) is 0 Å². The van der Waals surface area contributed by atoms with Gasteiger partial charge in [-0.3, -0.25) is 0 Å². The molecule has 0 saturated carbocycles. The Bertz CT molecular complexity index is 827. The molecule has 4 heterocycles. The molecule has 3 fully saturated rings. The number of sulfonamides is 1. The second-order valence-electron chi connectivity index (χ2n) is 7.92. The smallest absolute Gasteiger partial charge is 0.320 e. The average molecular weight is 439 g/mol. The van der Waals surface area contributed by atoms with Crippen LogP contribution in [0.4, 0.5) is 10.6 Å². The first kappa shape index (κ1) is 21.3. The maximum Gasteiger partial charge on any atom is 0.320 e. The highest BCUT2D eigenvalue weighted by atomic mass is 32.2. The van der Waals surface area contributed by atoms with E-state index in [9.17, 15) is 13.2 Å². The summed E-state index contributed by atoms with van der Waals surface area (Å²) in [7, 11) is -1.51. The molecule has 0 unspecified atom stereocenters. The summed E-state index contributed by atoms with van der Waals surface area (Å²) in [5.74, 6) is 0.741. The molecule has 0 N–H and O–H groups in total. The predicted octanol–water partition coefficient (Wildman–Crippen LogP) is -0.408. The molecule has 0 aromatic carbocycles. The minimum Gasteiger partial charge on any atom is -0.378 e. The summed E-state index contributed by atoms with van der Waals surface area (Å²) in [5, 5.41) is 0. The van der Waals surface area contributed by atoms with Gasteiger partial charge in [-0.1, -0.05) is 0 Å². The van der Waals surface area contributed by atoms with E-state index in [-0.39, 0.29) is 10.9 Å². The number of morpholine rings is 1. The molecule has 166 valence electrons. The number of urea groups is 1. The van der Waals surface area contributed by atoms with E-state index in [2.05, 4.69) is 14.8 Å². The Labute approximate surface area is 178 Å². The highest BCUT2D eigenvalue weighted by molar-refractivity contribution is 7.89. The van der Waals surface area contributed by atoms with Crippen molar-refractivity contribution in [1.82, 2.24) is 24.0 Å². The summed E-state index contributed by atoms with van der Waals surface area (Å²) in [5.41, 5.74) is 0. The molecule has 0 bridgehead atoms. The van der Waals surface area contributed by atoms with Gasteiger partial charge in [0, 0.05) is 71.6 Å². The lowest BCUT2D eigenvalue weighted by molar-refractivity contribution is 0.0428. The van der Waals surface area contributed by atoms with Crippen molar-refractivity contribution in [3.63, 3.8) is 0 Å². The highest BCUT2D eigenvalue weighted by Gasteiger charge is 2.29. The molecule has 10 nitrogen and oxygen atoms in total. The van der Waals surface area contributed by atoms with E-state index in [4.69, 9.17) is 4.74 Å². The number of rotatable bonds is 3. The number of hydrogen-bond acceptors (Lipinski definition) is 7. The summed E-state index contributed by atoms with van der Waals surface area (Å²) in [6.45, 7) is 7.54. The molecule has 2 amide bonds. The van der Waals surface area contributed by atoms with Gasteiger partial charge in [0.1, 0.15) is 10.7 Å². The largest absolute Gasteiger partial charge is 0.378 e. The van der Waals surface area contributed by atoms with Gasteiger partial charge in [0.25, 0.3) is 0 Å². The third kappa shape index (κ3) is 4.53. The van der Waals surface area contributed by atoms with Crippen molar-refractivity contribution in [2.45, 2.75) is 4.90 Å². The molecule has 4 rings (SSSR count). The molecule has 3 aliphatic rings. The third-order valence-corrected chi connectivity index (χ3v) is 7.86. The van der Waals surface area contributed by atoms with Crippen LogP contribution in [0.1, 0.15) is 0 Å². The van der Waals surface area contributed by atoms with Crippen LogP contribution < -0.4 is 4.90 Å². The molecule has 0 aliphatic carbocycles. The van der Waals surface area contributed by atoms with Crippen LogP contribution in [0.15, 0.2) is 23.2 Å². The fourth-order valence-electron chi connectivity index (χ4n) is 3.97. The number of amides is 2. The van der Waals surface area contributed by atoms with E-state index in [0.717, 1.165) is 18.9 Å². The first-order chi connectivity index (χ1) is 14.4. The molecule has 0 radical (unpaired) electrons. The normalized spacial score (nSPS) is 22.4. The van der Waals surface area contributed by atoms with Crippen LogP contribution in [0.3, 0.4) is 0 Å². The molecular weight excluding hydrogens is 408 g/mol. The number of piperazine rings is 2. The minimum atomic E-state index is -3.51. The molecule has 1 aromatic rings. The number of aromatic nitrogens is 1. The van der Waals surface area contributed by atoms with Gasteiger partial charge in [-0.2, -0.15) is 4.31 Å². The maximum atomic E-state index is 12.8. The molecule has 3 saturated heterocycles. The standard InChI is InChI=1S/C19H30N6O4S/c1-21-4-10-25(11-5-21)30(27,28)17-2-3-18(20-16-17)22-6-8-23(9-7-22)19(26)24-12-14-29-15-13-24/h2-3,16H,4-15H2,1H3. The molecule has 30 heavy (non-hydrogen) atoms. The van der Waals surface area contributed by atoms with Crippen LogP contribution in [0, 0.1) is 0 Å². The molecule has 3 aliphatic heterocycles. The van der Waals surface area contributed by atoms with Crippen LogP contribution >= 0.6 is 0 Å². The zero-order valence-corrected chi connectivity index (χ0v) is 18.3. The predicted molar refractivity (Wildman–Crippen MR) is 112 cm³/mol. The fourth-order valence-corrected chi connectivity index (χ4v) is 5.34. The first-order valence-corrected chi connectivity index (χ1v) is 11.9. The van der Waals surface area contributed by atoms with Crippen molar-refractivity contribution in [3.05, 3.63) is 18.3 Å². The lowest BCUT2D eigenvalue weighted by Crippen LogP contribution is -2.55. The fraction of sp³-hybridized carbons (Fsp3) is 0.684. The average Bonchev–Trinajstić information content (AvgIpc) is 2.80. The second-order valence-corrected chi connectivity index (χ2v) is 9.85. The Morgan fingerprint density at radius 1 is 0.900 bits per heavy atom. The highest BCUT2D eigenvalue weighted by Crippen LogP contribution is 2.20. The minimum absolute atomic E-state index is 0.0690. The summed E-state index contributed by atoms with van der Waals surface area (Å²) >= 11 is 0. The number of ether oxygens (including phenoxy) is 1. The summed E-state index contributed by atoms with van der Waals surface area (Å²) in [6.07, 6.45) is 1.45. The number of likely N-dealkylation sites (N-methyl/N-ethyl adjacent to an activating group) is 1. The van der Waals surface area contributed by atoms with E-state index in [0.29, 0.717) is 65.6 Å². The van der Waals surface area contributed by atoms with Crippen LogP contribution in [-0.2, 0) is 14.8 Å². The zero-order valence-electron chi connectivity index (χ0n) is 17.4. The van der Waals surface area contributed by atoms with Crippen molar-refractivity contribution in [1.29, 1.82) is 0 Å². The molecule has 0 atom stereocenters. The Balaban J connectivity index is 1.34. The van der Waals surface area contributed by atoms with Crippen molar-refractivity contribution in [2.75, 3.05) is 90.6 Å². The molecular formula is C19H30N6O4S. The van der Waals surface area contributed by atoms with E-state index in [1.54, 1.807) is 12.1 Å². The van der Waals surface area contributed by atoms with E-state index < -0.39 is 10.0 Å². The summed E-state index contributed by atoms with van der Waals surface area (Å²) < 4.78 is 32.5. The number of carbonyl (C=O) groups is 1. The SMILES string of the molecule is CN1CCN(S(=O)(=O)c2ccc(N3CCN(C(=O)N4CCOCC4)CC3)nc2)CC1. The topological polar surface area (TPSA) is 89.5 Å². The van der Waals surface area contributed by atoms with Gasteiger partial charge >= 0.3 is 6.03 Å². The van der Waals surface area contributed by atoms with Gasteiger partial charge in [-0.25, -0.2) is 18.2 Å². The van der Waals surface area contributed by atoms with Gasteiger partial charge in [0.2, 0.25) is 10.0 Å².